The van der Waals surface area contributed by atoms with Crippen molar-refractivity contribution < 1.29 is 4.79 Å². The molecule has 1 amide bonds. The number of benzene rings is 1. The zero-order chi connectivity index (χ0) is 16.4. The second-order valence-electron chi connectivity index (χ2n) is 5.23. The molecular weight excluding hydrogens is 308 g/mol. The first-order chi connectivity index (χ1) is 11.1. The van der Waals surface area contributed by atoms with E-state index in [4.69, 9.17) is 0 Å². The lowest BCUT2D eigenvalue weighted by atomic mass is 10.2. The van der Waals surface area contributed by atoms with Crippen molar-refractivity contribution in [2.75, 3.05) is 0 Å². The molecule has 3 rings (SSSR count). The molecule has 6 heteroatoms. The number of carbonyl (C=O) groups excluding carboxylic acids is 1. The van der Waals surface area contributed by atoms with Gasteiger partial charge in [-0.3, -0.25) is 9.48 Å². The molecule has 0 aliphatic carbocycles. The molecule has 5 nitrogen and oxygen atoms in total. The van der Waals surface area contributed by atoms with E-state index in [2.05, 4.69) is 41.8 Å². The van der Waals surface area contributed by atoms with Crippen LogP contribution in [0.15, 0.2) is 48.1 Å². The highest BCUT2D eigenvalue weighted by Gasteiger charge is 2.11. The van der Waals surface area contributed by atoms with Gasteiger partial charge in [-0.2, -0.15) is 10.1 Å². The minimum atomic E-state index is -0.321. The first-order valence-corrected chi connectivity index (χ1v) is 8.27. The summed E-state index contributed by atoms with van der Waals surface area (Å²) < 4.78 is 4.83. The minimum absolute atomic E-state index is 0.321. The van der Waals surface area contributed by atoms with Gasteiger partial charge in [-0.15, -0.1) is 6.58 Å². The lowest BCUT2D eigenvalue weighted by Gasteiger charge is -2.00. The zero-order valence-corrected chi connectivity index (χ0v) is 14.0. The van der Waals surface area contributed by atoms with Crippen molar-refractivity contribution in [1.82, 2.24) is 14.3 Å². The van der Waals surface area contributed by atoms with E-state index in [-0.39, 0.29) is 5.91 Å². The highest BCUT2D eigenvalue weighted by atomic mass is 32.1. The van der Waals surface area contributed by atoms with Gasteiger partial charge in [0.2, 0.25) is 0 Å². The van der Waals surface area contributed by atoms with Crippen molar-refractivity contribution in [3.63, 3.8) is 0 Å². The first-order valence-electron chi connectivity index (χ1n) is 7.45. The summed E-state index contributed by atoms with van der Waals surface area (Å²) in [5.41, 5.74) is 2.61. The van der Waals surface area contributed by atoms with Gasteiger partial charge in [-0.1, -0.05) is 23.5 Å². The van der Waals surface area contributed by atoms with Gasteiger partial charge in [0, 0.05) is 19.3 Å². The largest absolute Gasteiger partial charge is 0.312 e. The fourth-order valence-electron chi connectivity index (χ4n) is 2.37. The van der Waals surface area contributed by atoms with Crippen molar-refractivity contribution in [1.29, 1.82) is 0 Å². The third-order valence-corrected chi connectivity index (χ3v) is 4.57. The van der Waals surface area contributed by atoms with Gasteiger partial charge in [0.1, 0.15) is 0 Å². The molecule has 0 aliphatic heterocycles. The monoisotopic (exact) mass is 326 g/mol. The highest BCUT2D eigenvalue weighted by Crippen LogP contribution is 2.19. The van der Waals surface area contributed by atoms with Gasteiger partial charge in [0.15, 0.2) is 10.5 Å². The number of allylic oxidation sites excluding steroid dienone is 1. The molecule has 0 N–H and O–H groups in total. The number of hydrogen-bond acceptors (Lipinski definition) is 3. The summed E-state index contributed by atoms with van der Waals surface area (Å²) in [4.78, 5) is 17.3. The van der Waals surface area contributed by atoms with Crippen LogP contribution < -0.4 is 4.80 Å². The third-order valence-electron chi connectivity index (χ3n) is 3.53. The van der Waals surface area contributed by atoms with Crippen molar-refractivity contribution in [2.45, 2.75) is 26.9 Å². The lowest BCUT2D eigenvalue weighted by Crippen LogP contribution is -2.16. The molecule has 0 saturated heterocycles. The molecule has 0 bridgehead atoms. The fraction of sp³-hybridized carbons (Fsp3) is 0.235. The Balaban J connectivity index is 2.11. The number of aromatic nitrogens is 3. The van der Waals surface area contributed by atoms with E-state index in [1.807, 2.05) is 11.5 Å². The van der Waals surface area contributed by atoms with Crippen LogP contribution in [-0.2, 0) is 13.1 Å². The molecule has 0 saturated carbocycles. The van der Waals surface area contributed by atoms with Crippen LogP contribution >= 0.6 is 11.3 Å². The number of aryl methyl sites for hydroxylation is 2. The molecule has 2 aromatic heterocycles. The molecule has 0 radical (unpaired) electrons. The molecule has 1 aromatic carbocycles. The van der Waals surface area contributed by atoms with E-state index < -0.39 is 0 Å². The topological polar surface area (TPSA) is 52.2 Å². The van der Waals surface area contributed by atoms with E-state index >= 15 is 0 Å². The number of thiazole rings is 1. The Hall–Kier alpha value is -2.47. The molecule has 23 heavy (non-hydrogen) atoms. The number of rotatable bonds is 4. The van der Waals surface area contributed by atoms with Crippen LogP contribution in [-0.4, -0.2) is 20.3 Å². The van der Waals surface area contributed by atoms with E-state index in [0.717, 1.165) is 16.8 Å². The van der Waals surface area contributed by atoms with E-state index in [0.29, 0.717) is 17.0 Å². The number of hydrogen-bond donors (Lipinski definition) is 0. The molecule has 0 aliphatic rings. The molecule has 0 atom stereocenters. The van der Waals surface area contributed by atoms with E-state index in [9.17, 15) is 4.79 Å². The van der Waals surface area contributed by atoms with Crippen LogP contribution in [0.2, 0.25) is 0 Å². The first kappa shape index (κ1) is 15.4. The second kappa shape index (κ2) is 6.34. The van der Waals surface area contributed by atoms with Gasteiger partial charge >= 0.3 is 0 Å². The summed E-state index contributed by atoms with van der Waals surface area (Å²) in [7, 11) is 0. The van der Waals surface area contributed by atoms with Crippen molar-refractivity contribution >= 4 is 27.5 Å². The van der Waals surface area contributed by atoms with Gasteiger partial charge < -0.3 is 4.57 Å². The molecule has 2 heterocycles. The predicted octanol–water partition coefficient (Wildman–Crippen LogP) is 3.15. The van der Waals surface area contributed by atoms with Gasteiger partial charge in [-0.25, -0.2) is 0 Å². The summed E-state index contributed by atoms with van der Waals surface area (Å²) in [6.07, 6.45) is 3.59. The number of amides is 1. The van der Waals surface area contributed by atoms with Crippen LogP contribution in [0.4, 0.5) is 0 Å². The van der Waals surface area contributed by atoms with Crippen LogP contribution in [0.3, 0.4) is 0 Å². The fourth-order valence-corrected chi connectivity index (χ4v) is 3.50. The summed E-state index contributed by atoms with van der Waals surface area (Å²) >= 11 is 1.51. The average molecular weight is 326 g/mol. The Kier molecular flexibility index (Phi) is 4.25. The maximum atomic E-state index is 12.4. The number of fused-ring (bicyclic) bond motifs is 1. The van der Waals surface area contributed by atoms with Gasteiger partial charge in [0.25, 0.3) is 5.91 Å². The number of carbonyl (C=O) groups is 1. The van der Waals surface area contributed by atoms with Crippen molar-refractivity contribution in [3.05, 3.63) is 59.2 Å². The maximum Gasteiger partial charge on any atom is 0.300 e. The normalized spacial score (nSPS) is 12.0. The Bertz CT molecular complexity index is 945. The molecule has 0 fully saturated rings. The lowest BCUT2D eigenvalue weighted by molar-refractivity contribution is 0.0992. The van der Waals surface area contributed by atoms with Crippen molar-refractivity contribution in [3.8, 4) is 0 Å². The smallest absolute Gasteiger partial charge is 0.300 e. The third kappa shape index (κ3) is 3.03. The van der Waals surface area contributed by atoms with Crippen LogP contribution in [0.1, 0.15) is 23.0 Å². The Morgan fingerprint density at radius 2 is 2.26 bits per heavy atom. The standard InChI is InChI=1S/C17H18N4OS/c1-4-9-21-14-7-6-12(3)11-15(14)23-17(21)18-16(22)13-8-10-20(5-2)19-13/h4,6-8,10-11H,1,5,9H2,2-3H3. The van der Waals surface area contributed by atoms with Gasteiger partial charge in [0.05, 0.1) is 10.2 Å². The summed E-state index contributed by atoms with van der Waals surface area (Å²) in [5, 5.41) is 4.22. The molecule has 0 unspecified atom stereocenters. The number of nitrogens with zero attached hydrogens (tertiary/aromatic N) is 4. The Morgan fingerprint density at radius 3 is 2.96 bits per heavy atom. The summed E-state index contributed by atoms with van der Waals surface area (Å²) in [6, 6.07) is 7.92. The highest BCUT2D eigenvalue weighted by molar-refractivity contribution is 7.16. The second-order valence-corrected chi connectivity index (χ2v) is 6.24. The van der Waals surface area contributed by atoms with Crippen molar-refractivity contribution in [2.24, 2.45) is 4.99 Å². The summed E-state index contributed by atoms with van der Waals surface area (Å²) in [6.45, 7) is 9.16. The SMILES string of the molecule is C=CCn1c(=NC(=O)c2ccn(CC)n2)sc2cc(C)ccc21. The van der Waals surface area contributed by atoms with Crippen LogP contribution in [0.5, 0.6) is 0 Å². The average Bonchev–Trinajstić information content (AvgIpc) is 3.13. The van der Waals surface area contributed by atoms with Crippen LogP contribution in [0, 0.1) is 6.92 Å². The molecule has 118 valence electrons. The molecule has 3 aromatic rings. The van der Waals surface area contributed by atoms with Gasteiger partial charge in [-0.05, 0) is 37.6 Å². The van der Waals surface area contributed by atoms with E-state index in [1.165, 1.54) is 16.9 Å². The Morgan fingerprint density at radius 1 is 1.43 bits per heavy atom. The maximum absolute atomic E-state index is 12.4. The quantitative estimate of drug-likeness (QED) is 0.692. The summed E-state index contributed by atoms with van der Waals surface area (Å²) in [5.74, 6) is -0.321. The van der Waals surface area contributed by atoms with Crippen LogP contribution in [0.25, 0.3) is 10.2 Å². The molecule has 0 spiro atoms. The van der Waals surface area contributed by atoms with E-state index in [1.54, 1.807) is 23.0 Å². The molecular formula is C17H18N4OS. The predicted molar refractivity (Wildman–Crippen MR) is 92.5 cm³/mol. The Labute approximate surface area is 138 Å². The zero-order valence-electron chi connectivity index (χ0n) is 13.2. The minimum Gasteiger partial charge on any atom is -0.312 e.